The molecule has 2 aromatic rings. The number of aliphatic hydroxyl groups is 1. The van der Waals surface area contributed by atoms with Gasteiger partial charge in [0.1, 0.15) is 6.10 Å². The van der Waals surface area contributed by atoms with Crippen LogP contribution in [0, 0.1) is 69.2 Å². The molecular formula is C23H32O. The zero-order valence-electron chi connectivity index (χ0n) is 17.0. The van der Waals surface area contributed by atoms with Crippen LogP contribution in [0.2, 0.25) is 0 Å². The minimum atomic E-state index is -0.569. The van der Waals surface area contributed by atoms with Gasteiger partial charge in [-0.2, -0.15) is 0 Å². The Hall–Kier alpha value is -1.60. The summed E-state index contributed by atoms with van der Waals surface area (Å²) >= 11 is 0. The van der Waals surface area contributed by atoms with Crippen molar-refractivity contribution in [3.63, 3.8) is 0 Å². The van der Waals surface area contributed by atoms with Gasteiger partial charge in [0.2, 0.25) is 0 Å². The summed E-state index contributed by atoms with van der Waals surface area (Å²) in [7, 11) is 0. The zero-order valence-corrected chi connectivity index (χ0v) is 17.0. The molecule has 130 valence electrons. The topological polar surface area (TPSA) is 20.2 Å². The number of hydrogen-bond donors (Lipinski definition) is 1. The number of benzene rings is 2. The molecule has 1 nitrogen and oxygen atoms in total. The predicted octanol–water partition coefficient (Wildman–Crippen LogP) is 5.85. The molecule has 0 saturated carbocycles. The fourth-order valence-corrected chi connectivity index (χ4v) is 4.02. The lowest BCUT2D eigenvalue weighted by Gasteiger charge is -2.27. The molecule has 0 heterocycles. The maximum atomic E-state index is 11.4. The Balaban J connectivity index is 2.84. The van der Waals surface area contributed by atoms with Crippen LogP contribution in [-0.4, -0.2) is 5.11 Å². The third-order valence-electron chi connectivity index (χ3n) is 6.66. The number of hydrogen-bond acceptors (Lipinski definition) is 1. The van der Waals surface area contributed by atoms with Crippen LogP contribution in [-0.2, 0) is 0 Å². The first kappa shape index (κ1) is 18.7. The minimum absolute atomic E-state index is 0.569. The van der Waals surface area contributed by atoms with Gasteiger partial charge in [-0.25, -0.2) is 0 Å². The van der Waals surface area contributed by atoms with Gasteiger partial charge >= 0.3 is 0 Å². The third-order valence-corrected chi connectivity index (χ3v) is 6.66. The molecule has 0 aliphatic rings. The van der Waals surface area contributed by atoms with Crippen LogP contribution in [0.1, 0.15) is 72.9 Å². The highest BCUT2D eigenvalue weighted by molar-refractivity contribution is 5.57. The van der Waals surface area contributed by atoms with Crippen LogP contribution < -0.4 is 0 Å². The van der Waals surface area contributed by atoms with E-state index in [1.165, 1.54) is 55.6 Å². The van der Waals surface area contributed by atoms with Crippen LogP contribution in [0.25, 0.3) is 0 Å². The second kappa shape index (κ2) is 6.37. The van der Waals surface area contributed by atoms with E-state index in [9.17, 15) is 5.11 Å². The van der Waals surface area contributed by atoms with Gasteiger partial charge in [-0.15, -0.1) is 0 Å². The Bertz CT molecular complexity index is 697. The summed E-state index contributed by atoms with van der Waals surface area (Å²) in [6, 6.07) is 0. The average molecular weight is 325 g/mol. The van der Waals surface area contributed by atoms with E-state index < -0.39 is 6.10 Å². The van der Waals surface area contributed by atoms with Crippen molar-refractivity contribution in [1.29, 1.82) is 0 Å². The van der Waals surface area contributed by atoms with Crippen LogP contribution in [0.5, 0.6) is 0 Å². The van der Waals surface area contributed by atoms with Crippen molar-refractivity contribution in [2.75, 3.05) is 0 Å². The van der Waals surface area contributed by atoms with Gasteiger partial charge < -0.3 is 5.11 Å². The lowest BCUT2D eigenvalue weighted by atomic mass is 9.81. The molecule has 0 aliphatic carbocycles. The normalized spacial score (nSPS) is 11.5. The standard InChI is InChI=1S/C23H32O/c1-11-13(3)17(7)21(18(8)14(11)4)23(24)22-19(9)15(5)12(2)16(6)20(22)10/h23-24H,1-10H3. The first-order chi connectivity index (χ1) is 11.0. The predicted molar refractivity (Wildman–Crippen MR) is 104 cm³/mol. The molecule has 2 aromatic carbocycles. The van der Waals surface area contributed by atoms with Crippen LogP contribution in [0.3, 0.4) is 0 Å². The van der Waals surface area contributed by atoms with Gasteiger partial charge in [-0.05, 0) is 136 Å². The van der Waals surface area contributed by atoms with E-state index in [4.69, 9.17) is 0 Å². The van der Waals surface area contributed by atoms with E-state index in [2.05, 4.69) is 69.2 Å². The van der Waals surface area contributed by atoms with E-state index in [0.29, 0.717) is 0 Å². The van der Waals surface area contributed by atoms with Crippen molar-refractivity contribution in [1.82, 2.24) is 0 Å². The lowest BCUT2D eigenvalue weighted by Crippen LogP contribution is -2.13. The monoisotopic (exact) mass is 324 g/mol. The Morgan fingerprint density at radius 1 is 0.375 bits per heavy atom. The summed E-state index contributed by atoms with van der Waals surface area (Å²) in [4.78, 5) is 0. The second-order valence-electron chi connectivity index (χ2n) is 7.48. The quantitative estimate of drug-likeness (QED) is 0.734. The molecule has 0 unspecified atom stereocenters. The van der Waals surface area contributed by atoms with Crippen molar-refractivity contribution in [3.05, 3.63) is 66.8 Å². The van der Waals surface area contributed by atoms with E-state index in [1.807, 2.05) is 0 Å². The molecule has 0 atom stereocenters. The van der Waals surface area contributed by atoms with Gasteiger partial charge in [0.25, 0.3) is 0 Å². The molecular weight excluding hydrogens is 292 g/mol. The molecule has 1 heteroatoms. The Morgan fingerprint density at radius 2 is 0.542 bits per heavy atom. The molecule has 0 spiro atoms. The van der Waals surface area contributed by atoms with E-state index in [1.54, 1.807) is 0 Å². The molecule has 2 rings (SSSR count). The number of rotatable bonds is 2. The summed E-state index contributed by atoms with van der Waals surface area (Å²) in [6.07, 6.45) is -0.569. The largest absolute Gasteiger partial charge is 0.384 e. The highest BCUT2D eigenvalue weighted by atomic mass is 16.3. The van der Waals surface area contributed by atoms with Crippen molar-refractivity contribution < 1.29 is 5.11 Å². The molecule has 0 aliphatic heterocycles. The van der Waals surface area contributed by atoms with Crippen molar-refractivity contribution >= 4 is 0 Å². The third kappa shape index (κ3) is 2.59. The first-order valence-corrected chi connectivity index (χ1v) is 8.84. The van der Waals surface area contributed by atoms with Crippen LogP contribution in [0.15, 0.2) is 0 Å². The minimum Gasteiger partial charge on any atom is -0.384 e. The molecule has 24 heavy (non-hydrogen) atoms. The van der Waals surface area contributed by atoms with E-state index >= 15 is 0 Å². The summed E-state index contributed by atoms with van der Waals surface area (Å²) < 4.78 is 0. The Morgan fingerprint density at radius 3 is 0.750 bits per heavy atom. The Labute approximate surface area is 147 Å². The molecule has 0 aromatic heterocycles. The zero-order chi connectivity index (χ0) is 18.5. The summed E-state index contributed by atoms with van der Waals surface area (Å²) in [6.45, 7) is 21.6. The highest BCUT2D eigenvalue weighted by Gasteiger charge is 2.24. The maximum absolute atomic E-state index is 11.4. The van der Waals surface area contributed by atoms with Gasteiger partial charge in [0.15, 0.2) is 0 Å². The molecule has 1 N–H and O–H groups in total. The molecule has 0 radical (unpaired) electrons. The average Bonchev–Trinajstić information content (AvgIpc) is 2.55. The van der Waals surface area contributed by atoms with E-state index in [-0.39, 0.29) is 0 Å². The summed E-state index contributed by atoms with van der Waals surface area (Å²) in [5.41, 5.74) is 14.9. The lowest BCUT2D eigenvalue weighted by molar-refractivity contribution is 0.217. The molecule has 0 amide bonds. The van der Waals surface area contributed by atoms with Gasteiger partial charge in [0.05, 0.1) is 0 Å². The fraction of sp³-hybridized carbons (Fsp3) is 0.478. The summed E-state index contributed by atoms with van der Waals surface area (Å²) in [5, 5.41) is 11.4. The van der Waals surface area contributed by atoms with Gasteiger partial charge in [-0.3, -0.25) is 0 Å². The van der Waals surface area contributed by atoms with Crippen molar-refractivity contribution in [3.8, 4) is 0 Å². The molecule has 0 fully saturated rings. The fourth-order valence-electron chi connectivity index (χ4n) is 4.02. The van der Waals surface area contributed by atoms with E-state index in [0.717, 1.165) is 11.1 Å². The van der Waals surface area contributed by atoms with Crippen molar-refractivity contribution in [2.45, 2.75) is 75.3 Å². The summed E-state index contributed by atoms with van der Waals surface area (Å²) in [5.74, 6) is 0. The maximum Gasteiger partial charge on any atom is 0.105 e. The van der Waals surface area contributed by atoms with Gasteiger partial charge in [-0.1, -0.05) is 0 Å². The SMILES string of the molecule is Cc1c(C)c(C)c(C(O)c2c(C)c(C)c(C)c(C)c2C)c(C)c1C. The second-order valence-corrected chi connectivity index (χ2v) is 7.48. The first-order valence-electron chi connectivity index (χ1n) is 8.84. The highest BCUT2D eigenvalue weighted by Crippen LogP contribution is 2.38. The van der Waals surface area contributed by atoms with Crippen molar-refractivity contribution in [2.24, 2.45) is 0 Å². The molecule has 0 bridgehead atoms. The number of aliphatic hydroxyl groups excluding tert-OH is 1. The Kier molecular flexibility index (Phi) is 4.97. The van der Waals surface area contributed by atoms with Crippen LogP contribution >= 0.6 is 0 Å². The molecule has 0 saturated heterocycles. The smallest absolute Gasteiger partial charge is 0.105 e. The van der Waals surface area contributed by atoms with Crippen LogP contribution in [0.4, 0.5) is 0 Å². The van der Waals surface area contributed by atoms with Gasteiger partial charge in [0, 0.05) is 0 Å².